The molecule has 0 saturated carbocycles. The Morgan fingerprint density at radius 3 is 2.70 bits per heavy atom. The van der Waals surface area contributed by atoms with E-state index < -0.39 is 0 Å². The number of hydrogen-bond donors (Lipinski definition) is 1. The molecule has 0 unspecified atom stereocenters. The van der Waals surface area contributed by atoms with Crippen LogP contribution in [-0.4, -0.2) is 25.5 Å². The van der Waals surface area contributed by atoms with Crippen molar-refractivity contribution in [2.45, 2.75) is 32.6 Å². The number of hydrogen-bond acceptors (Lipinski definition) is 3. The number of esters is 1. The van der Waals surface area contributed by atoms with E-state index in [0.29, 0.717) is 18.5 Å². The van der Waals surface area contributed by atoms with Gasteiger partial charge >= 0.3 is 5.97 Å². The second-order valence-electron chi connectivity index (χ2n) is 4.63. The second kappa shape index (κ2) is 8.74. The van der Waals surface area contributed by atoms with E-state index in [1.54, 1.807) is 0 Å². The van der Waals surface area contributed by atoms with Crippen LogP contribution in [0.15, 0.2) is 22.7 Å². The molecule has 20 heavy (non-hydrogen) atoms. The minimum Gasteiger partial charge on any atom is -0.469 e. The first-order valence-electron chi connectivity index (χ1n) is 6.65. The molecule has 1 aromatic carbocycles. The zero-order valence-corrected chi connectivity index (χ0v) is 13.5. The molecule has 0 saturated heterocycles. The lowest BCUT2D eigenvalue weighted by molar-refractivity contribution is -0.140. The zero-order valence-electron chi connectivity index (χ0n) is 11.9. The standard InChI is InChI=1S/C15H20BrNO3/c1-11-7-8-13(16)12(10-11)15(19)17-9-5-3-4-6-14(18)20-2/h7-8,10H,3-6,9H2,1-2H3,(H,17,19). The maximum absolute atomic E-state index is 12.0. The molecule has 0 aliphatic carbocycles. The van der Waals surface area contributed by atoms with Crippen LogP contribution in [0.5, 0.6) is 0 Å². The molecule has 0 spiro atoms. The van der Waals surface area contributed by atoms with E-state index in [9.17, 15) is 9.59 Å². The first kappa shape index (κ1) is 16.7. The van der Waals surface area contributed by atoms with Crippen molar-refractivity contribution in [1.29, 1.82) is 0 Å². The van der Waals surface area contributed by atoms with Gasteiger partial charge in [0, 0.05) is 17.4 Å². The molecule has 4 nitrogen and oxygen atoms in total. The van der Waals surface area contributed by atoms with Gasteiger partial charge in [-0.25, -0.2) is 0 Å². The first-order valence-corrected chi connectivity index (χ1v) is 7.45. The van der Waals surface area contributed by atoms with Gasteiger partial charge in [-0.3, -0.25) is 9.59 Å². The van der Waals surface area contributed by atoms with Crippen LogP contribution in [0.1, 0.15) is 41.6 Å². The second-order valence-corrected chi connectivity index (χ2v) is 5.48. The molecule has 5 heteroatoms. The number of carbonyl (C=O) groups is 2. The number of benzene rings is 1. The van der Waals surface area contributed by atoms with Gasteiger partial charge < -0.3 is 10.1 Å². The SMILES string of the molecule is COC(=O)CCCCCNC(=O)c1cc(C)ccc1Br. The summed E-state index contributed by atoms with van der Waals surface area (Å²) >= 11 is 3.38. The summed E-state index contributed by atoms with van der Waals surface area (Å²) in [4.78, 5) is 22.9. The molecule has 0 bridgehead atoms. The van der Waals surface area contributed by atoms with Crippen molar-refractivity contribution in [2.75, 3.05) is 13.7 Å². The number of amides is 1. The molecule has 0 aliphatic rings. The first-order chi connectivity index (χ1) is 9.54. The van der Waals surface area contributed by atoms with E-state index in [1.165, 1.54) is 7.11 Å². The van der Waals surface area contributed by atoms with Crippen LogP contribution in [0.4, 0.5) is 0 Å². The largest absolute Gasteiger partial charge is 0.469 e. The normalized spacial score (nSPS) is 10.2. The molecule has 0 heterocycles. The highest BCUT2D eigenvalue weighted by molar-refractivity contribution is 9.10. The highest BCUT2D eigenvalue weighted by Crippen LogP contribution is 2.17. The fourth-order valence-electron chi connectivity index (χ4n) is 1.78. The molecule has 1 amide bonds. The quantitative estimate of drug-likeness (QED) is 0.611. The summed E-state index contributed by atoms with van der Waals surface area (Å²) in [6.45, 7) is 2.57. The van der Waals surface area contributed by atoms with Crippen molar-refractivity contribution in [3.05, 3.63) is 33.8 Å². The molecule has 0 radical (unpaired) electrons. The van der Waals surface area contributed by atoms with Crippen molar-refractivity contribution in [3.63, 3.8) is 0 Å². The van der Waals surface area contributed by atoms with Crippen LogP contribution in [0, 0.1) is 6.92 Å². The highest BCUT2D eigenvalue weighted by atomic mass is 79.9. The highest BCUT2D eigenvalue weighted by Gasteiger charge is 2.09. The smallest absolute Gasteiger partial charge is 0.305 e. The molecule has 0 aromatic heterocycles. The van der Waals surface area contributed by atoms with Gasteiger partial charge in [0.05, 0.1) is 12.7 Å². The van der Waals surface area contributed by atoms with Crippen LogP contribution >= 0.6 is 15.9 Å². The Labute approximate surface area is 128 Å². The van der Waals surface area contributed by atoms with Crippen molar-refractivity contribution in [2.24, 2.45) is 0 Å². The van der Waals surface area contributed by atoms with Gasteiger partial charge in [-0.1, -0.05) is 18.1 Å². The molecule has 1 rings (SSSR count). The fourth-order valence-corrected chi connectivity index (χ4v) is 2.21. The lowest BCUT2D eigenvalue weighted by Gasteiger charge is -2.07. The minimum atomic E-state index is -0.183. The van der Waals surface area contributed by atoms with Crippen molar-refractivity contribution < 1.29 is 14.3 Å². The lowest BCUT2D eigenvalue weighted by atomic mass is 10.1. The fraction of sp³-hybridized carbons (Fsp3) is 0.467. The van der Waals surface area contributed by atoms with E-state index in [-0.39, 0.29) is 11.9 Å². The monoisotopic (exact) mass is 341 g/mol. The predicted molar refractivity (Wildman–Crippen MR) is 81.7 cm³/mol. The van der Waals surface area contributed by atoms with Gasteiger partial charge in [0.2, 0.25) is 0 Å². The van der Waals surface area contributed by atoms with Gasteiger partial charge in [-0.15, -0.1) is 0 Å². The Bertz CT molecular complexity index is 474. The van der Waals surface area contributed by atoms with Gasteiger partial charge in [0.15, 0.2) is 0 Å². The summed E-state index contributed by atoms with van der Waals surface area (Å²) in [6.07, 6.45) is 2.97. The number of unbranched alkanes of at least 4 members (excludes halogenated alkanes) is 2. The number of rotatable bonds is 7. The molecule has 0 aliphatic heterocycles. The third-order valence-corrected chi connectivity index (χ3v) is 3.63. The number of nitrogens with one attached hydrogen (secondary N) is 1. The van der Waals surface area contributed by atoms with Gasteiger partial charge in [0.1, 0.15) is 0 Å². The van der Waals surface area contributed by atoms with E-state index in [4.69, 9.17) is 0 Å². The summed E-state index contributed by atoms with van der Waals surface area (Å²) in [5.41, 5.74) is 1.70. The van der Waals surface area contributed by atoms with Crippen LogP contribution in [0.3, 0.4) is 0 Å². The third kappa shape index (κ3) is 5.74. The summed E-state index contributed by atoms with van der Waals surface area (Å²) in [7, 11) is 1.39. The predicted octanol–water partition coefficient (Wildman–Crippen LogP) is 3.22. The van der Waals surface area contributed by atoms with Crippen molar-refractivity contribution in [3.8, 4) is 0 Å². The Hall–Kier alpha value is -1.36. The molecule has 1 N–H and O–H groups in total. The van der Waals surface area contributed by atoms with Crippen LogP contribution in [-0.2, 0) is 9.53 Å². The van der Waals surface area contributed by atoms with Crippen molar-refractivity contribution >= 4 is 27.8 Å². The summed E-state index contributed by atoms with van der Waals surface area (Å²) in [5.74, 6) is -0.258. The topological polar surface area (TPSA) is 55.4 Å². The van der Waals surface area contributed by atoms with E-state index in [2.05, 4.69) is 26.0 Å². The molecule has 0 atom stereocenters. The lowest BCUT2D eigenvalue weighted by Crippen LogP contribution is -2.24. The van der Waals surface area contributed by atoms with E-state index >= 15 is 0 Å². The Kier molecular flexibility index (Phi) is 7.30. The minimum absolute atomic E-state index is 0.0754. The van der Waals surface area contributed by atoms with Gasteiger partial charge in [-0.2, -0.15) is 0 Å². The summed E-state index contributed by atoms with van der Waals surface area (Å²) < 4.78 is 5.36. The number of methoxy groups -OCH3 is 1. The third-order valence-electron chi connectivity index (χ3n) is 2.94. The van der Waals surface area contributed by atoms with Crippen LogP contribution in [0.25, 0.3) is 0 Å². The summed E-state index contributed by atoms with van der Waals surface area (Å²) in [6, 6.07) is 5.69. The van der Waals surface area contributed by atoms with Crippen molar-refractivity contribution in [1.82, 2.24) is 5.32 Å². The van der Waals surface area contributed by atoms with Gasteiger partial charge in [0.25, 0.3) is 5.91 Å². The maximum atomic E-state index is 12.0. The van der Waals surface area contributed by atoms with E-state index in [0.717, 1.165) is 29.3 Å². The van der Waals surface area contributed by atoms with E-state index in [1.807, 2.05) is 25.1 Å². The van der Waals surface area contributed by atoms with Gasteiger partial charge in [-0.05, 0) is 47.8 Å². The average molecular weight is 342 g/mol. The molecule has 110 valence electrons. The molecule has 1 aromatic rings. The Morgan fingerprint density at radius 2 is 2.00 bits per heavy atom. The number of halogens is 1. The summed E-state index contributed by atoms with van der Waals surface area (Å²) in [5, 5.41) is 2.88. The average Bonchev–Trinajstić information content (AvgIpc) is 2.44. The molecule has 0 fully saturated rings. The van der Waals surface area contributed by atoms with Crippen LogP contribution in [0.2, 0.25) is 0 Å². The zero-order chi connectivity index (χ0) is 15.0. The Balaban J connectivity index is 2.27. The number of carbonyl (C=O) groups excluding carboxylic acids is 2. The number of aryl methyl sites for hydroxylation is 1. The molecular formula is C15H20BrNO3. The Morgan fingerprint density at radius 1 is 1.25 bits per heavy atom. The van der Waals surface area contributed by atoms with Crippen LogP contribution < -0.4 is 5.32 Å². The molecular weight excluding hydrogens is 322 g/mol. The maximum Gasteiger partial charge on any atom is 0.305 e. The number of ether oxygens (including phenoxy) is 1.